The van der Waals surface area contributed by atoms with E-state index in [0.717, 1.165) is 30.0 Å². The van der Waals surface area contributed by atoms with E-state index in [4.69, 9.17) is 5.73 Å². The van der Waals surface area contributed by atoms with Crippen LogP contribution in [0.25, 0.3) is 0 Å². The van der Waals surface area contributed by atoms with Crippen LogP contribution in [0.3, 0.4) is 0 Å². The number of anilines is 1. The maximum atomic E-state index is 11.9. The first-order chi connectivity index (χ1) is 9.72. The van der Waals surface area contributed by atoms with Crippen molar-refractivity contribution in [2.75, 3.05) is 12.3 Å². The topological polar surface area (TPSA) is 68.0 Å². The van der Waals surface area contributed by atoms with E-state index in [1.807, 2.05) is 5.38 Å². The molecule has 3 N–H and O–H groups in total. The number of hydrogen-bond acceptors (Lipinski definition) is 4. The molecule has 0 saturated heterocycles. The molecule has 0 bridgehead atoms. The van der Waals surface area contributed by atoms with Crippen LogP contribution in [0.1, 0.15) is 44.2 Å². The van der Waals surface area contributed by atoms with E-state index in [-0.39, 0.29) is 5.91 Å². The average molecular weight is 293 g/mol. The molecule has 110 valence electrons. The minimum atomic E-state index is 0.151. The standard InChI is InChI=1S/C15H23N3OS/c16-15-18-12(9-20-15)6-7-14(19)17-8-11-5-4-10-2-1-3-13(10)11/h9-11,13H,1-8H2,(H2,16,18)(H,17,19)/t10-,11+,13-/m0/s1. The lowest BCUT2D eigenvalue weighted by atomic mass is 9.92. The van der Waals surface area contributed by atoms with Crippen LogP contribution in [0, 0.1) is 17.8 Å². The van der Waals surface area contributed by atoms with Crippen molar-refractivity contribution in [3.63, 3.8) is 0 Å². The molecule has 1 aromatic rings. The van der Waals surface area contributed by atoms with Crippen LogP contribution in [0.4, 0.5) is 5.13 Å². The molecule has 0 aliphatic heterocycles. The largest absolute Gasteiger partial charge is 0.375 e. The molecule has 2 fully saturated rings. The van der Waals surface area contributed by atoms with Gasteiger partial charge in [-0.05, 0) is 43.4 Å². The lowest BCUT2D eigenvalue weighted by Crippen LogP contribution is -2.31. The number of thiazole rings is 1. The van der Waals surface area contributed by atoms with Crippen LogP contribution >= 0.6 is 11.3 Å². The van der Waals surface area contributed by atoms with Gasteiger partial charge < -0.3 is 11.1 Å². The Morgan fingerprint density at radius 2 is 2.30 bits per heavy atom. The summed E-state index contributed by atoms with van der Waals surface area (Å²) in [5.41, 5.74) is 6.51. The Morgan fingerprint density at radius 3 is 3.10 bits per heavy atom. The van der Waals surface area contributed by atoms with Crippen molar-refractivity contribution >= 4 is 22.4 Å². The highest BCUT2D eigenvalue weighted by atomic mass is 32.1. The van der Waals surface area contributed by atoms with Gasteiger partial charge >= 0.3 is 0 Å². The number of nitrogens with zero attached hydrogens (tertiary/aromatic N) is 1. The zero-order valence-electron chi connectivity index (χ0n) is 11.8. The fourth-order valence-electron chi connectivity index (χ4n) is 3.95. The van der Waals surface area contributed by atoms with Gasteiger partial charge in [0, 0.05) is 18.3 Å². The lowest BCUT2D eigenvalue weighted by Gasteiger charge is -2.18. The van der Waals surface area contributed by atoms with E-state index >= 15 is 0 Å². The third-order valence-corrected chi connectivity index (χ3v) is 5.69. The molecule has 3 rings (SSSR count). The lowest BCUT2D eigenvalue weighted by molar-refractivity contribution is -0.121. The summed E-state index contributed by atoms with van der Waals surface area (Å²) in [7, 11) is 0. The van der Waals surface area contributed by atoms with Crippen LogP contribution in [-0.2, 0) is 11.2 Å². The third-order valence-electron chi connectivity index (χ3n) is 4.97. The molecule has 0 spiro atoms. The Balaban J connectivity index is 1.39. The van der Waals surface area contributed by atoms with Gasteiger partial charge in [0.15, 0.2) is 5.13 Å². The second-order valence-corrected chi connectivity index (χ2v) is 7.06. The Labute approximate surface area is 124 Å². The molecule has 1 amide bonds. The highest BCUT2D eigenvalue weighted by Gasteiger charge is 2.38. The van der Waals surface area contributed by atoms with Crippen molar-refractivity contribution in [1.29, 1.82) is 0 Å². The zero-order chi connectivity index (χ0) is 13.9. The molecule has 4 nitrogen and oxygen atoms in total. The first-order valence-corrected chi connectivity index (χ1v) is 8.57. The molecule has 2 aliphatic carbocycles. The fourth-order valence-corrected chi connectivity index (χ4v) is 4.55. The molecule has 5 heteroatoms. The van der Waals surface area contributed by atoms with Gasteiger partial charge in [0.25, 0.3) is 0 Å². The quantitative estimate of drug-likeness (QED) is 0.877. The van der Waals surface area contributed by atoms with Gasteiger partial charge in [0.05, 0.1) is 5.69 Å². The number of rotatable bonds is 5. The Morgan fingerprint density at radius 1 is 1.40 bits per heavy atom. The number of fused-ring (bicyclic) bond motifs is 1. The summed E-state index contributed by atoms with van der Waals surface area (Å²) in [5, 5.41) is 5.64. The highest BCUT2D eigenvalue weighted by molar-refractivity contribution is 7.13. The predicted molar refractivity (Wildman–Crippen MR) is 81.4 cm³/mol. The van der Waals surface area contributed by atoms with Crippen molar-refractivity contribution in [3.8, 4) is 0 Å². The van der Waals surface area contributed by atoms with Gasteiger partial charge in [-0.25, -0.2) is 4.98 Å². The summed E-state index contributed by atoms with van der Waals surface area (Å²) in [4.78, 5) is 16.1. The SMILES string of the molecule is Nc1nc(CCC(=O)NC[C@H]2CC[C@@H]3CCC[C@@H]32)cs1. The van der Waals surface area contributed by atoms with E-state index in [9.17, 15) is 4.79 Å². The number of carbonyl (C=O) groups excluding carboxylic acids is 1. The molecular weight excluding hydrogens is 270 g/mol. The Kier molecular flexibility index (Phi) is 4.24. The van der Waals surface area contributed by atoms with Crippen LogP contribution < -0.4 is 11.1 Å². The number of amides is 1. The third kappa shape index (κ3) is 3.14. The second kappa shape index (κ2) is 6.12. The maximum Gasteiger partial charge on any atom is 0.220 e. The average Bonchev–Trinajstić information content (AvgIpc) is 3.11. The highest BCUT2D eigenvalue weighted by Crippen LogP contribution is 2.47. The van der Waals surface area contributed by atoms with Gasteiger partial charge in [-0.15, -0.1) is 11.3 Å². The van der Waals surface area contributed by atoms with E-state index in [1.165, 1.54) is 43.4 Å². The second-order valence-electron chi connectivity index (χ2n) is 6.17. The van der Waals surface area contributed by atoms with E-state index in [2.05, 4.69) is 10.3 Å². The van der Waals surface area contributed by atoms with E-state index < -0.39 is 0 Å². The van der Waals surface area contributed by atoms with Crippen LogP contribution in [0.5, 0.6) is 0 Å². The van der Waals surface area contributed by atoms with Crippen molar-refractivity contribution < 1.29 is 4.79 Å². The molecular formula is C15H23N3OS. The van der Waals surface area contributed by atoms with Crippen molar-refractivity contribution in [2.24, 2.45) is 17.8 Å². The molecule has 2 saturated carbocycles. The minimum absolute atomic E-state index is 0.151. The Bertz CT molecular complexity index is 473. The minimum Gasteiger partial charge on any atom is -0.375 e. The number of nitrogens with one attached hydrogen (secondary N) is 1. The Hall–Kier alpha value is -1.10. The summed E-state index contributed by atoms with van der Waals surface area (Å²) in [6.07, 6.45) is 8.08. The van der Waals surface area contributed by atoms with Crippen molar-refractivity contribution in [3.05, 3.63) is 11.1 Å². The smallest absolute Gasteiger partial charge is 0.220 e. The molecule has 0 radical (unpaired) electrons. The molecule has 0 unspecified atom stereocenters. The summed E-state index contributed by atoms with van der Waals surface area (Å²) >= 11 is 1.44. The first kappa shape index (κ1) is 13.9. The van der Waals surface area contributed by atoms with E-state index in [0.29, 0.717) is 18.0 Å². The maximum absolute atomic E-state index is 11.9. The number of carbonyl (C=O) groups is 1. The zero-order valence-corrected chi connectivity index (χ0v) is 12.6. The van der Waals surface area contributed by atoms with Gasteiger partial charge in [-0.2, -0.15) is 0 Å². The predicted octanol–water partition coefficient (Wildman–Crippen LogP) is 2.60. The summed E-state index contributed by atoms with van der Waals surface area (Å²) in [6, 6.07) is 0. The molecule has 3 atom stereocenters. The number of hydrogen-bond donors (Lipinski definition) is 2. The van der Waals surface area contributed by atoms with E-state index in [1.54, 1.807) is 0 Å². The van der Waals surface area contributed by atoms with Crippen LogP contribution in [-0.4, -0.2) is 17.4 Å². The number of aryl methyl sites for hydroxylation is 1. The normalized spacial score (nSPS) is 28.5. The number of aromatic nitrogens is 1. The van der Waals surface area contributed by atoms with Gasteiger partial charge in [0.2, 0.25) is 5.91 Å². The fraction of sp³-hybridized carbons (Fsp3) is 0.733. The van der Waals surface area contributed by atoms with Crippen molar-refractivity contribution in [2.45, 2.75) is 44.9 Å². The molecule has 1 aromatic heterocycles. The van der Waals surface area contributed by atoms with Gasteiger partial charge in [-0.3, -0.25) is 4.79 Å². The van der Waals surface area contributed by atoms with Gasteiger partial charge in [0.1, 0.15) is 0 Å². The van der Waals surface area contributed by atoms with Crippen LogP contribution in [0.15, 0.2) is 5.38 Å². The summed E-state index contributed by atoms with van der Waals surface area (Å²) in [6.45, 7) is 0.874. The summed E-state index contributed by atoms with van der Waals surface area (Å²) in [5.74, 6) is 2.71. The molecule has 2 aliphatic rings. The number of nitrogens with two attached hydrogens (primary N) is 1. The van der Waals surface area contributed by atoms with Crippen molar-refractivity contribution in [1.82, 2.24) is 10.3 Å². The molecule has 1 heterocycles. The number of nitrogen functional groups attached to an aromatic ring is 1. The summed E-state index contributed by atoms with van der Waals surface area (Å²) < 4.78 is 0. The monoisotopic (exact) mass is 293 g/mol. The van der Waals surface area contributed by atoms with Crippen LogP contribution in [0.2, 0.25) is 0 Å². The van der Waals surface area contributed by atoms with Gasteiger partial charge in [-0.1, -0.05) is 12.8 Å². The first-order valence-electron chi connectivity index (χ1n) is 7.69. The molecule has 20 heavy (non-hydrogen) atoms. The molecule has 0 aromatic carbocycles.